The van der Waals surface area contributed by atoms with Crippen LogP contribution >= 0.6 is 0 Å². The number of nitrogens with one attached hydrogen (secondary N) is 2. The highest BCUT2D eigenvalue weighted by atomic mass is 32.2. The quantitative estimate of drug-likeness (QED) is 0.0326. The number of sulfone groups is 1. The Bertz CT molecular complexity index is 3080. The summed E-state index contributed by atoms with van der Waals surface area (Å²) in [7, 11) is -3.38. The number of hydrogen-bond donors (Lipinski definition) is 5. The lowest BCUT2D eigenvalue weighted by molar-refractivity contribution is -0.136. The second kappa shape index (κ2) is 24.9. The summed E-state index contributed by atoms with van der Waals surface area (Å²) in [6.07, 6.45) is 1.48. The van der Waals surface area contributed by atoms with E-state index in [1.807, 2.05) is 91.9 Å². The molecule has 0 radical (unpaired) electrons. The highest BCUT2D eigenvalue weighted by molar-refractivity contribution is 7.90. The molecule has 17 heteroatoms. The highest BCUT2D eigenvalue weighted by Gasteiger charge is 2.45. The van der Waals surface area contributed by atoms with Crippen LogP contribution in [0.3, 0.4) is 0 Å². The number of likely N-dealkylation sites (N-methyl/N-ethyl adjacent to an activating group) is 1. The van der Waals surface area contributed by atoms with E-state index in [0.717, 1.165) is 38.9 Å². The predicted octanol–water partition coefficient (Wildman–Crippen LogP) is 7.92. The second-order valence-corrected chi connectivity index (χ2v) is 21.1. The van der Waals surface area contributed by atoms with Crippen LogP contribution in [0.25, 0.3) is 21.9 Å². The molecule has 4 unspecified atom stereocenters. The van der Waals surface area contributed by atoms with Crippen LogP contribution in [0.1, 0.15) is 84.6 Å². The summed E-state index contributed by atoms with van der Waals surface area (Å²) in [5.74, 6) is 0.239. The van der Waals surface area contributed by atoms with Crippen molar-refractivity contribution in [2.75, 3.05) is 44.4 Å². The van der Waals surface area contributed by atoms with Gasteiger partial charge in [-0.15, -0.1) is 0 Å². The van der Waals surface area contributed by atoms with Crippen LogP contribution < -0.4 is 24.8 Å². The number of anilines is 1. The zero-order valence-corrected chi connectivity index (χ0v) is 43.0. The first-order valence-electron chi connectivity index (χ1n) is 25.4. The van der Waals surface area contributed by atoms with Crippen molar-refractivity contribution in [3.8, 4) is 34.1 Å². The molecule has 0 bridgehead atoms. The molecule has 2 aliphatic rings. The number of hydrogen-bond acceptors (Lipinski definition) is 14. The Hall–Kier alpha value is -7.15. The number of aliphatic hydroxyl groups is 3. The van der Waals surface area contributed by atoms with E-state index in [-0.39, 0.29) is 35.4 Å². The van der Waals surface area contributed by atoms with Gasteiger partial charge < -0.3 is 39.7 Å². The molecule has 6 aromatic rings. The van der Waals surface area contributed by atoms with Crippen molar-refractivity contribution in [3.05, 3.63) is 144 Å². The summed E-state index contributed by atoms with van der Waals surface area (Å²) in [6.45, 7) is 5.20. The molecule has 8 rings (SSSR count). The third kappa shape index (κ3) is 14.0. The number of carbonyl (C=O) groups is 4. The molecule has 5 N–H and O–H groups in total. The topological polar surface area (TPSA) is 221 Å². The van der Waals surface area contributed by atoms with Gasteiger partial charge in [0.1, 0.15) is 42.3 Å². The van der Waals surface area contributed by atoms with Crippen LogP contribution in [0.2, 0.25) is 0 Å². The zero-order valence-electron chi connectivity index (χ0n) is 42.2. The molecule has 6 aromatic carbocycles. The van der Waals surface area contributed by atoms with Gasteiger partial charge in [-0.3, -0.25) is 29.4 Å². The van der Waals surface area contributed by atoms with Gasteiger partial charge in [0.15, 0.2) is 9.84 Å². The molecule has 0 aromatic heterocycles. The molecule has 2 heterocycles. The zero-order chi connectivity index (χ0) is 53.1. The fourth-order valence-electron chi connectivity index (χ4n) is 9.34. The Morgan fingerprint density at radius 2 is 1.39 bits per heavy atom. The summed E-state index contributed by atoms with van der Waals surface area (Å²) in [5.41, 5.74) is 3.36. The van der Waals surface area contributed by atoms with Gasteiger partial charge in [0.2, 0.25) is 11.8 Å². The molecule has 1 saturated heterocycles. The molecule has 1 fully saturated rings. The fraction of sp³-hybridized carbons (Fsp3) is 0.345. The van der Waals surface area contributed by atoms with Crippen LogP contribution in [0.15, 0.2) is 132 Å². The Balaban J connectivity index is 0.760. The number of amides is 4. The second-order valence-electron chi connectivity index (χ2n) is 19.0. The van der Waals surface area contributed by atoms with Gasteiger partial charge in [-0.05, 0) is 141 Å². The van der Waals surface area contributed by atoms with E-state index in [2.05, 4.69) is 15.5 Å². The van der Waals surface area contributed by atoms with E-state index in [4.69, 9.17) is 14.2 Å². The first-order chi connectivity index (χ1) is 36.1. The van der Waals surface area contributed by atoms with E-state index in [0.29, 0.717) is 93.5 Å². The molecular weight excluding hydrogens is 977 g/mol. The van der Waals surface area contributed by atoms with Crippen molar-refractivity contribution < 1.29 is 57.1 Å². The first kappa shape index (κ1) is 54.1. The SMILES string of the molecule is CCN(CCOc1ccc(Oc2c(-c3ccc(S(C)(=O)=O)cc3)ccc3cc(OCc4ccccc4)ccc23)cc1)CCC(O)CCC(O)CCC(O)CCNc1cccc2c1C(=O)N(C1CCC(=O)NC1=O)C2=O. The summed E-state index contributed by atoms with van der Waals surface area (Å²) >= 11 is 0. The maximum Gasteiger partial charge on any atom is 0.264 e. The minimum atomic E-state index is -3.38. The average Bonchev–Trinajstić information content (AvgIpc) is 3.66. The van der Waals surface area contributed by atoms with Gasteiger partial charge >= 0.3 is 0 Å². The van der Waals surface area contributed by atoms with Crippen molar-refractivity contribution in [1.82, 2.24) is 15.1 Å². The number of rotatable bonds is 26. The lowest BCUT2D eigenvalue weighted by atomic mass is 9.99. The number of ether oxygens (including phenoxy) is 3. The number of piperidine rings is 1. The molecule has 4 atom stereocenters. The Labute approximate surface area is 437 Å². The van der Waals surface area contributed by atoms with Crippen LogP contribution in [-0.2, 0) is 26.0 Å². The largest absolute Gasteiger partial charge is 0.492 e. The fourth-order valence-corrected chi connectivity index (χ4v) is 9.97. The first-order valence-corrected chi connectivity index (χ1v) is 27.3. The van der Waals surface area contributed by atoms with Crippen LogP contribution in [0.5, 0.6) is 23.0 Å². The molecule has 2 aliphatic heterocycles. The van der Waals surface area contributed by atoms with Gasteiger partial charge in [0.25, 0.3) is 11.8 Å². The molecular formula is C58H64N4O12S. The van der Waals surface area contributed by atoms with Gasteiger partial charge in [-0.2, -0.15) is 0 Å². The van der Waals surface area contributed by atoms with E-state index in [9.17, 15) is 42.9 Å². The molecule has 0 aliphatic carbocycles. The monoisotopic (exact) mass is 1040 g/mol. The van der Waals surface area contributed by atoms with Crippen molar-refractivity contribution in [2.45, 2.75) is 94.1 Å². The van der Waals surface area contributed by atoms with Crippen molar-refractivity contribution in [1.29, 1.82) is 0 Å². The number of aliphatic hydroxyl groups excluding tert-OH is 3. The Kier molecular flexibility index (Phi) is 18.0. The maximum atomic E-state index is 13.4. The van der Waals surface area contributed by atoms with Gasteiger partial charge in [0.05, 0.1) is 34.3 Å². The Morgan fingerprint density at radius 3 is 2.08 bits per heavy atom. The predicted molar refractivity (Wildman–Crippen MR) is 285 cm³/mol. The molecule has 0 spiro atoms. The van der Waals surface area contributed by atoms with E-state index in [1.54, 1.807) is 36.4 Å². The number of fused-ring (bicyclic) bond motifs is 2. The van der Waals surface area contributed by atoms with Crippen LogP contribution in [-0.4, -0.2) is 121 Å². The van der Waals surface area contributed by atoms with Gasteiger partial charge in [-0.1, -0.05) is 61.5 Å². The lowest BCUT2D eigenvalue weighted by Gasteiger charge is -2.27. The van der Waals surface area contributed by atoms with Crippen molar-refractivity contribution in [2.24, 2.45) is 0 Å². The number of imide groups is 2. The van der Waals surface area contributed by atoms with Crippen LogP contribution in [0, 0.1) is 0 Å². The van der Waals surface area contributed by atoms with Crippen LogP contribution in [0.4, 0.5) is 5.69 Å². The molecule has 394 valence electrons. The minimum Gasteiger partial charge on any atom is -0.492 e. The smallest absolute Gasteiger partial charge is 0.264 e. The Morgan fingerprint density at radius 1 is 0.707 bits per heavy atom. The normalized spacial score (nSPS) is 15.9. The van der Waals surface area contributed by atoms with Crippen molar-refractivity contribution >= 4 is 49.9 Å². The molecule has 16 nitrogen and oxygen atoms in total. The summed E-state index contributed by atoms with van der Waals surface area (Å²) in [5, 5.41) is 39.3. The maximum absolute atomic E-state index is 13.4. The third-order valence-corrected chi connectivity index (χ3v) is 14.8. The third-order valence-electron chi connectivity index (χ3n) is 13.7. The highest BCUT2D eigenvalue weighted by Crippen LogP contribution is 2.41. The lowest BCUT2D eigenvalue weighted by Crippen LogP contribution is -2.54. The van der Waals surface area contributed by atoms with E-state index >= 15 is 0 Å². The number of nitrogens with zero attached hydrogens (tertiary/aromatic N) is 2. The number of carbonyl (C=O) groups excluding carboxylic acids is 4. The molecule has 4 amide bonds. The molecule has 0 saturated carbocycles. The average molecular weight is 1040 g/mol. The number of benzene rings is 6. The molecule has 75 heavy (non-hydrogen) atoms. The van der Waals surface area contributed by atoms with Gasteiger partial charge in [0, 0.05) is 48.9 Å². The van der Waals surface area contributed by atoms with Gasteiger partial charge in [-0.25, -0.2) is 8.42 Å². The standard InChI is InChI=1S/C58H64N4O12S/c1-3-61(33-31-43(65)18-16-41(63)15-17-42(64)30-32-59-51-11-7-10-50-54(51)58(69)62(57(50)68)52-28-29-53(66)60-56(52)67)34-35-72-44-19-21-45(22-20-44)74-55-48(39-12-24-47(25-13-39)75(2,70)71)26-14-40-36-46(23-27-49(40)55)73-37-38-8-5-4-6-9-38/h4-14,19-27,36,41-43,52,59,63-65H,3,15-18,28-35,37H2,1-2H3,(H,60,66,67). The van der Waals surface area contributed by atoms with Crippen molar-refractivity contribution in [3.63, 3.8) is 0 Å². The van der Waals surface area contributed by atoms with E-state index in [1.165, 1.54) is 12.3 Å². The summed E-state index contributed by atoms with van der Waals surface area (Å²) in [6, 6.07) is 37.7. The summed E-state index contributed by atoms with van der Waals surface area (Å²) in [4.78, 5) is 53.9. The minimum absolute atomic E-state index is 0.0278. The van der Waals surface area contributed by atoms with E-state index < -0.39 is 57.8 Å². The summed E-state index contributed by atoms with van der Waals surface area (Å²) < 4.78 is 43.3.